The highest BCUT2D eigenvalue weighted by atomic mass is 14.7. The Balaban J connectivity index is 0.000000160. The Morgan fingerprint density at radius 2 is 1.10 bits per heavy atom. The van der Waals surface area contributed by atoms with E-state index in [-0.39, 0.29) is 0 Å². The fraction of sp³-hybridized carbons (Fsp3) is 0. The molecule has 0 aliphatic rings. The Hall–Kier alpha value is -2.88. The van der Waals surface area contributed by atoms with Crippen LogP contribution in [0.4, 0.5) is 22.7 Å². The van der Waals surface area contributed by atoms with Crippen molar-refractivity contribution in [2.75, 3.05) is 22.9 Å². The highest BCUT2D eigenvalue weighted by Gasteiger charge is 1.98. The van der Waals surface area contributed by atoms with E-state index in [1.165, 1.54) is 0 Å². The van der Waals surface area contributed by atoms with Crippen LogP contribution in [-0.2, 0) is 0 Å². The zero-order chi connectivity index (χ0) is 14.5. The van der Waals surface area contributed by atoms with Crippen molar-refractivity contribution < 1.29 is 0 Å². The second-order valence-corrected chi connectivity index (χ2v) is 4.46. The van der Waals surface area contributed by atoms with Crippen LogP contribution in [0.5, 0.6) is 0 Å². The predicted molar refractivity (Wildman–Crippen MR) is 88.0 cm³/mol. The van der Waals surface area contributed by atoms with Crippen LogP contribution in [0.3, 0.4) is 0 Å². The number of hydrogen-bond donors (Lipinski definition) is 4. The predicted octanol–water partition coefficient (Wildman–Crippen LogP) is 2.86. The number of hydrogen-bond acceptors (Lipinski definition) is 4. The molecule has 0 radical (unpaired) electrons. The molecule has 0 amide bonds. The molecule has 0 aromatic heterocycles. The van der Waals surface area contributed by atoms with Crippen LogP contribution in [0.25, 0.3) is 10.8 Å². The van der Waals surface area contributed by atoms with E-state index in [9.17, 15) is 0 Å². The molecular weight excluding hydrogens is 248 g/mol. The molecule has 0 atom stereocenters. The minimum Gasteiger partial charge on any atom is -0.399 e. The van der Waals surface area contributed by atoms with Gasteiger partial charge in [0.1, 0.15) is 0 Å². The fourth-order valence-corrected chi connectivity index (χ4v) is 1.81. The van der Waals surface area contributed by atoms with E-state index in [2.05, 4.69) is 0 Å². The number of nitrogen functional groups attached to an aromatic ring is 4. The third-order valence-corrected chi connectivity index (χ3v) is 2.94. The number of rotatable bonds is 0. The molecule has 0 heterocycles. The molecular formula is C16H18N4. The third-order valence-electron chi connectivity index (χ3n) is 2.94. The smallest absolute Gasteiger partial charge is 0.0627 e. The molecule has 0 aliphatic heterocycles. The summed E-state index contributed by atoms with van der Waals surface area (Å²) in [7, 11) is 0. The van der Waals surface area contributed by atoms with Gasteiger partial charge in [-0.1, -0.05) is 30.3 Å². The van der Waals surface area contributed by atoms with Gasteiger partial charge in [-0.15, -0.1) is 0 Å². The van der Waals surface area contributed by atoms with Gasteiger partial charge < -0.3 is 22.9 Å². The van der Waals surface area contributed by atoms with Gasteiger partial charge in [0.2, 0.25) is 0 Å². The van der Waals surface area contributed by atoms with Crippen LogP contribution in [0.15, 0.2) is 60.7 Å². The molecule has 0 spiro atoms. The minimum atomic E-state index is 0.647. The quantitative estimate of drug-likeness (QED) is 0.469. The van der Waals surface area contributed by atoms with Gasteiger partial charge >= 0.3 is 0 Å². The van der Waals surface area contributed by atoms with Crippen molar-refractivity contribution in [2.24, 2.45) is 0 Å². The van der Waals surface area contributed by atoms with Crippen molar-refractivity contribution in [3.63, 3.8) is 0 Å². The summed E-state index contributed by atoms with van der Waals surface area (Å²) in [4.78, 5) is 0. The van der Waals surface area contributed by atoms with Crippen molar-refractivity contribution >= 4 is 33.5 Å². The van der Waals surface area contributed by atoms with Crippen molar-refractivity contribution in [1.82, 2.24) is 0 Å². The summed E-state index contributed by atoms with van der Waals surface area (Å²) >= 11 is 0. The molecule has 8 N–H and O–H groups in total. The number of anilines is 4. The molecule has 0 saturated carbocycles. The van der Waals surface area contributed by atoms with Crippen LogP contribution < -0.4 is 22.9 Å². The van der Waals surface area contributed by atoms with Gasteiger partial charge in [-0.05, 0) is 35.7 Å². The summed E-state index contributed by atoms with van der Waals surface area (Å²) in [5, 5.41) is 2.15. The average molecular weight is 266 g/mol. The molecule has 4 heteroatoms. The van der Waals surface area contributed by atoms with Crippen LogP contribution in [0, 0.1) is 0 Å². The second kappa shape index (κ2) is 5.84. The maximum atomic E-state index is 5.79. The Morgan fingerprint density at radius 1 is 0.550 bits per heavy atom. The SMILES string of the molecule is Nc1ccc(N)cc1.Nc1ccc2ccccc2c1N. The number of fused-ring (bicyclic) bond motifs is 1. The maximum Gasteiger partial charge on any atom is 0.0627 e. The first-order valence-electron chi connectivity index (χ1n) is 6.21. The molecule has 4 nitrogen and oxygen atoms in total. The Kier molecular flexibility index (Phi) is 3.96. The summed E-state index contributed by atoms with van der Waals surface area (Å²) in [6.07, 6.45) is 0. The van der Waals surface area contributed by atoms with E-state index in [4.69, 9.17) is 22.9 Å². The average Bonchev–Trinajstić information content (AvgIpc) is 2.47. The van der Waals surface area contributed by atoms with Crippen molar-refractivity contribution in [1.29, 1.82) is 0 Å². The molecule has 0 unspecified atom stereocenters. The summed E-state index contributed by atoms with van der Waals surface area (Å²) in [5.74, 6) is 0. The summed E-state index contributed by atoms with van der Waals surface area (Å²) < 4.78 is 0. The highest BCUT2D eigenvalue weighted by molar-refractivity contribution is 5.98. The monoisotopic (exact) mass is 266 g/mol. The first kappa shape index (κ1) is 13.5. The Labute approximate surface area is 118 Å². The maximum absolute atomic E-state index is 5.79. The van der Waals surface area contributed by atoms with Crippen molar-refractivity contribution in [3.8, 4) is 0 Å². The molecule has 0 aliphatic carbocycles. The Morgan fingerprint density at radius 3 is 1.70 bits per heavy atom. The number of benzene rings is 3. The van der Waals surface area contributed by atoms with E-state index in [1.807, 2.05) is 36.4 Å². The first-order valence-corrected chi connectivity index (χ1v) is 6.21. The number of nitrogens with two attached hydrogens (primary N) is 4. The largest absolute Gasteiger partial charge is 0.399 e. The zero-order valence-electron chi connectivity index (χ0n) is 11.1. The zero-order valence-corrected chi connectivity index (χ0v) is 11.1. The summed E-state index contributed by atoms with van der Waals surface area (Å²) in [5.41, 5.74) is 25.0. The van der Waals surface area contributed by atoms with Crippen LogP contribution in [0.2, 0.25) is 0 Å². The minimum absolute atomic E-state index is 0.647. The van der Waals surface area contributed by atoms with Gasteiger partial charge in [0.25, 0.3) is 0 Å². The lowest BCUT2D eigenvalue weighted by molar-refractivity contribution is 1.67. The van der Waals surface area contributed by atoms with E-state index in [0.29, 0.717) is 11.4 Å². The van der Waals surface area contributed by atoms with Crippen LogP contribution >= 0.6 is 0 Å². The van der Waals surface area contributed by atoms with E-state index >= 15 is 0 Å². The topological polar surface area (TPSA) is 104 Å². The summed E-state index contributed by atoms with van der Waals surface area (Å²) in [6, 6.07) is 18.8. The van der Waals surface area contributed by atoms with Crippen molar-refractivity contribution in [3.05, 3.63) is 60.7 Å². The van der Waals surface area contributed by atoms with Crippen molar-refractivity contribution in [2.45, 2.75) is 0 Å². The third kappa shape index (κ3) is 3.11. The molecule has 0 bridgehead atoms. The van der Waals surface area contributed by atoms with Gasteiger partial charge in [0.15, 0.2) is 0 Å². The molecule has 3 rings (SSSR count). The summed E-state index contributed by atoms with van der Waals surface area (Å²) in [6.45, 7) is 0. The first-order chi connectivity index (χ1) is 9.58. The van der Waals surface area contributed by atoms with E-state index in [0.717, 1.165) is 22.1 Å². The molecule has 0 fully saturated rings. The van der Waals surface area contributed by atoms with E-state index in [1.54, 1.807) is 24.3 Å². The van der Waals surface area contributed by atoms with Gasteiger partial charge in [-0.3, -0.25) is 0 Å². The van der Waals surface area contributed by atoms with Gasteiger partial charge in [-0.2, -0.15) is 0 Å². The highest BCUT2D eigenvalue weighted by Crippen LogP contribution is 2.25. The Bertz CT molecular complexity index is 684. The van der Waals surface area contributed by atoms with Crippen LogP contribution in [0.1, 0.15) is 0 Å². The van der Waals surface area contributed by atoms with Gasteiger partial charge in [-0.25, -0.2) is 0 Å². The lowest BCUT2D eigenvalue weighted by Gasteiger charge is -2.03. The normalized spacial score (nSPS) is 9.80. The van der Waals surface area contributed by atoms with Crippen LogP contribution in [-0.4, -0.2) is 0 Å². The molecule has 3 aromatic carbocycles. The fourth-order valence-electron chi connectivity index (χ4n) is 1.81. The lowest BCUT2D eigenvalue weighted by Crippen LogP contribution is -1.94. The van der Waals surface area contributed by atoms with Gasteiger partial charge in [0.05, 0.1) is 11.4 Å². The lowest BCUT2D eigenvalue weighted by atomic mass is 10.1. The van der Waals surface area contributed by atoms with Gasteiger partial charge in [0, 0.05) is 16.8 Å². The molecule has 20 heavy (non-hydrogen) atoms. The molecule has 3 aromatic rings. The van der Waals surface area contributed by atoms with E-state index < -0.39 is 0 Å². The standard InChI is InChI=1S/C10H10N2.C6H8N2/c11-9-6-5-7-3-1-2-4-8(7)10(9)12;7-5-1-2-6(8)4-3-5/h1-6H,11-12H2;1-4H,7-8H2. The second-order valence-electron chi connectivity index (χ2n) is 4.46. The molecule has 102 valence electrons. The molecule has 0 saturated heterocycles.